The predicted molar refractivity (Wildman–Crippen MR) is 108 cm³/mol. The largest absolute Gasteiger partial charge is 0.335 e. The topological polar surface area (TPSA) is 66.3 Å². The molecule has 1 aromatic heterocycles. The van der Waals surface area contributed by atoms with E-state index >= 15 is 0 Å². The molecule has 0 unspecified atom stereocenters. The number of nitrogens with zero attached hydrogens (tertiary/aromatic N) is 5. The van der Waals surface area contributed by atoms with Crippen molar-refractivity contribution in [2.24, 2.45) is 0 Å². The molecular formula is C21H30N6O. The second-order valence-corrected chi connectivity index (χ2v) is 8.01. The number of hydrogen-bond acceptors (Lipinski definition) is 5. The minimum absolute atomic E-state index is 0.0212. The Morgan fingerprint density at radius 2 is 1.89 bits per heavy atom. The highest BCUT2D eigenvalue weighted by atomic mass is 16.2. The van der Waals surface area contributed by atoms with Gasteiger partial charge in [-0.15, -0.1) is 5.10 Å². The van der Waals surface area contributed by atoms with Crippen molar-refractivity contribution in [3.05, 3.63) is 46.8 Å². The first kappa shape index (κ1) is 19.1. The molecule has 2 fully saturated rings. The molecule has 7 nitrogen and oxygen atoms in total. The van der Waals surface area contributed by atoms with Crippen LogP contribution in [0.25, 0.3) is 0 Å². The lowest BCUT2D eigenvalue weighted by atomic mass is 10.1. The lowest BCUT2D eigenvalue weighted by molar-refractivity contribution is 0.0622. The molecule has 3 heterocycles. The third kappa shape index (κ3) is 4.10. The van der Waals surface area contributed by atoms with Gasteiger partial charge in [0.15, 0.2) is 5.69 Å². The highest BCUT2D eigenvalue weighted by Crippen LogP contribution is 2.21. The summed E-state index contributed by atoms with van der Waals surface area (Å²) in [5, 5.41) is 11.9. The molecule has 0 aliphatic carbocycles. The van der Waals surface area contributed by atoms with E-state index in [0.717, 1.165) is 64.3 Å². The summed E-state index contributed by atoms with van der Waals surface area (Å²) in [6.07, 6.45) is 2.07. The van der Waals surface area contributed by atoms with Gasteiger partial charge in [-0.2, -0.15) is 0 Å². The molecule has 0 radical (unpaired) electrons. The molecule has 2 aliphatic heterocycles. The molecule has 1 N–H and O–H groups in total. The van der Waals surface area contributed by atoms with E-state index in [1.807, 2.05) is 16.5 Å². The van der Waals surface area contributed by atoms with Crippen LogP contribution >= 0.6 is 0 Å². The third-order valence-electron chi connectivity index (χ3n) is 5.93. The summed E-state index contributed by atoms with van der Waals surface area (Å²) in [5.74, 6) is 0.0212. The molecule has 1 aromatic carbocycles. The number of aromatic nitrogens is 3. The molecule has 2 saturated heterocycles. The van der Waals surface area contributed by atoms with Crippen LogP contribution in [0.15, 0.2) is 24.3 Å². The molecular weight excluding hydrogens is 352 g/mol. The Bertz CT molecular complexity index is 818. The molecule has 2 aromatic rings. The van der Waals surface area contributed by atoms with Crippen LogP contribution in [0.5, 0.6) is 0 Å². The first-order chi connectivity index (χ1) is 13.6. The zero-order valence-electron chi connectivity index (χ0n) is 16.9. The van der Waals surface area contributed by atoms with Crippen LogP contribution in [-0.2, 0) is 6.54 Å². The summed E-state index contributed by atoms with van der Waals surface area (Å²) in [5.41, 5.74) is 4.05. The number of carbonyl (C=O) groups is 1. The average molecular weight is 383 g/mol. The quantitative estimate of drug-likeness (QED) is 0.873. The Balaban J connectivity index is 1.36. The summed E-state index contributed by atoms with van der Waals surface area (Å²) < 4.78 is 1.96. The van der Waals surface area contributed by atoms with Gasteiger partial charge >= 0.3 is 0 Å². The third-order valence-corrected chi connectivity index (χ3v) is 5.93. The fraction of sp³-hybridized carbons (Fsp3) is 0.571. The van der Waals surface area contributed by atoms with E-state index in [-0.39, 0.29) is 5.91 Å². The Labute approximate surface area is 166 Å². The van der Waals surface area contributed by atoms with Crippen molar-refractivity contribution in [3.8, 4) is 0 Å². The summed E-state index contributed by atoms with van der Waals surface area (Å²) in [6, 6.07) is 8.99. The van der Waals surface area contributed by atoms with E-state index in [1.165, 1.54) is 11.1 Å². The molecule has 28 heavy (non-hydrogen) atoms. The number of hydrogen-bond donors (Lipinski definition) is 1. The maximum absolute atomic E-state index is 13.0. The Kier molecular flexibility index (Phi) is 5.73. The summed E-state index contributed by atoms with van der Waals surface area (Å²) in [6.45, 7) is 10.3. The van der Waals surface area contributed by atoms with Gasteiger partial charge in [0.25, 0.3) is 5.91 Å². The molecule has 0 saturated carbocycles. The smallest absolute Gasteiger partial charge is 0.276 e. The van der Waals surface area contributed by atoms with Crippen molar-refractivity contribution in [1.82, 2.24) is 30.1 Å². The van der Waals surface area contributed by atoms with Gasteiger partial charge in [-0.05, 0) is 45.3 Å². The zero-order chi connectivity index (χ0) is 19.5. The van der Waals surface area contributed by atoms with Crippen molar-refractivity contribution in [2.45, 2.75) is 39.3 Å². The first-order valence-electron chi connectivity index (χ1n) is 10.3. The van der Waals surface area contributed by atoms with Crippen LogP contribution in [0.2, 0.25) is 0 Å². The molecule has 1 amide bonds. The van der Waals surface area contributed by atoms with Gasteiger partial charge in [0.2, 0.25) is 0 Å². The number of piperazine rings is 1. The van der Waals surface area contributed by atoms with Crippen LogP contribution in [-0.4, -0.2) is 70.0 Å². The summed E-state index contributed by atoms with van der Waals surface area (Å²) in [7, 11) is 0. The van der Waals surface area contributed by atoms with Crippen LogP contribution in [0.3, 0.4) is 0 Å². The van der Waals surface area contributed by atoms with Crippen molar-refractivity contribution in [2.75, 3.05) is 39.3 Å². The van der Waals surface area contributed by atoms with E-state index in [9.17, 15) is 4.79 Å². The number of amides is 1. The molecule has 2 aliphatic rings. The number of benzene rings is 1. The van der Waals surface area contributed by atoms with Crippen LogP contribution < -0.4 is 5.32 Å². The Morgan fingerprint density at radius 3 is 2.61 bits per heavy atom. The van der Waals surface area contributed by atoms with Gasteiger partial charge in [0.1, 0.15) is 0 Å². The van der Waals surface area contributed by atoms with Gasteiger partial charge in [0.05, 0.1) is 11.7 Å². The second kappa shape index (κ2) is 8.41. The van der Waals surface area contributed by atoms with Crippen LogP contribution in [0.1, 0.15) is 46.2 Å². The van der Waals surface area contributed by atoms with Crippen molar-refractivity contribution < 1.29 is 4.79 Å². The Morgan fingerprint density at radius 1 is 1.14 bits per heavy atom. The van der Waals surface area contributed by atoms with Gasteiger partial charge in [-0.25, -0.2) is 4.68 Å². The first-order valence-corrected chi connectivity index (χ1v) is 10.3. The molecule has 0 bridgehead atoms. The van der Waals surface area contributed by atoms with Crippen molar-refractivity contribution in [3.63, 3.8) is 0 Å². The minimum Gasteiger partial charge on any atom is -0.335 e. The number of carbonyl (C=O) groups excluding carboxylic acids is 1. The fourth-order valence-corrected chi connectivity index (χ4v) is 4.26. The number of nitrogens with one attached hydrogen (secondary N) is 1. The summed E-state index contributed by atoms with van der Waals surface area (Å²) in [4.78, 5) is 17.3. The second-order valence-electron chi connectivity index (χ2n) is 8.01. The van der Waals surface area contributed by atoms with Crippen LogP contribution in [0.4, 0.5) is 0 Å². The highest BCUT2D eigenvalue weighted by molar-refractivity contribution is 5.93. The van der Waals surface area contributed by atoms with Crippen molar-refractivity contribution in [1.29, 1.82) is 0 Å². The van der Waals surface area contributed by atoms with E-state index in [4.69, 9.17) is 0 Å². The minimum atomic E-state index is 0.0212. The lowest BCUT2D eigenvalue weighted by Crippen LogP contribution is -2.48. The van der Waals surface area contributed by atoms with E-state index < -0.39 is 0 Å². The molecule has 150 valence electrons. The molecule has 4 rings (SSSR count). The molecule has 7 heteroatoms. The maximum Gasteiger partial charge on any atom is 0.276 e. The normalized spacial score (nSPS) is 19.1. The predicted octanol–water partition coefficient (Wildman–Crippen LogP) is 1.78. The van der Waals surface area contributed by atoms with E-state index in [2.05, 4.69) is 51.7 Å². The Hall–Kier alpha value is -2.25. The van der Waals surface area contributed by atoms with E-state index in [0.29, 0.717) is 11.7 Å². The number of rotatable bonds is 4. The maximum atomic E-state index is 13.0. The fourth-order valence-electron chi connectivity index (χ4n) is 4.26. The molecule has 0 atom stereocenters. The van der Waals surface area contributed by atoms with Gasteiger partial charge in [-0.3, -0.25) is 9.69 Å². The van der Waals surface area contributed by atoms with Gasteiger partial charge < -0.3 is 10.2 Å². The standard InChI is InChI=1S/C21H30N6O/c1-16-4-3-5-18(14-16)15-25-10-12-26(13-11-25)21(28)20-17(2)27(24-23-20)19-6-8-22-9-7-19/h3-5,14,19,22H,6-13,15H2,1-2H3. The number of piperidine rings is 1. The van der Waals surface area contributed by atoms with Gasteiger partial charge in [-0.1, -0.05) is 35.0 Å². The lowest BCUT2D eigenvalue weighted by Gasteiger charge is -2.34. The van der Waals surface area contributed by atoms with E-state index in [1.54, 1.807) is 0 Å². The number of aryl methyl sites for hydroxylation is 1. The van der Waals surface area contributed by atoms with Crippen molar-refractivity contribution >= 4 is 5.91 Å². The van der Waals surface area contributed by atoms with Crippen LogP contribution in [0, 0.1) is 13.8 Å². The molecule has 0 spiro atoms. The summed E-state index contributed by atoms with van der Waals surface area (Å²) >= 11 is 0. The van der Waals surface area contributed by atoms with Gasteiger partial charge in [0, 0.05) is 32.7 Å². The average Bonchev–Trinajstić information content (AvgIpc) is 3.10. The monoisotopic (exact) mass is 382 g/mol. The zero-order valence-corrected chi connectivity index (χ0v) is 16.9. The highest BCUT2D eigenvalue weighted by Gasteiger charge is 2.28. The SMILES string of the molecule is Cc1cccc(CN2CCN(C(=O)c3nnn(C4CCNCC4)c3C)CC2)c1.